The molecule has 0 saturated carbocycles. The van der Waals surface area contributed by atoms with E-state index in [0.29, 0.717) is 5.69 Å². The predicted octanol–water partition coefficient (Wildman–Crippen LogP) is -0.696. The van der Waals surface area contributed by atoms with Gasteiger partial charge in [-0.15, -0.1) is 0 Å². The largest absolute Gasteiger partial charge is 0.273 e. The van der Waals surface area contributed by atoms with Crippen LogP contribution in [0.15, 0.2) is 11.2 Å². The second kappa shape index (κ2) is 3.08. The highest BCUT2D eigenvalue weighted by molar-refractivity contribution is 7.89. The summed E-state index contributed by atoms with van der Waals surface area (Å²) in [5.41, 5.74) is 0.368. The Morgan fingerprint density at radius 2 is 2.15 bits per heavy atom. The predicted molar refractivity (Wildman–Crippen MR) is 42.9 cm³/mol. The van der Waals surface area contributed by atoms with Crippen LogP contribution in [0.5, 0.6) is 0 Å². The summed E-state index contributed by atoms with van der Waals surface area (Å²) in [6, 6.07) is 3.08. The van der Waals surface area contributed by atoms with Gasteiger partial charge in [0.1, 0.15) is 11.8 Å². The van der Waals surface area contributed by atoms with Crippen LogP contribution >= 0.6 is 0 Å². The number of hydrogen-bond donors (Lipinski definition) is 1. The van der Waals surface area contributed by atoms with Crippen molar-refractivity contribution in [1.29, 1.82) is 5.26 Å². The summed E-state index contributed by atoms with van der Waals surface area (Å²) in [6.07, 6.45) is 0. The second-order valence-electron chi connectivity index (χ2n) is 2.33. The van der Waals surface area contributed by atoms with Crippen molar-refractivity contribution < 1.29 is 8.42 Å². The number of sulfonamides is 1. The Morgan fingerprint density at radius 3 is 2.62 bits per heavy atom. The van der Waals surface area contributed by atoms with Crippen LogP contribution in [0.4, 0.5) is 0 Å². The smallest absolute Gasteiger partial charge is 0.222 e. The normalized spacial score (nSPS) is 10.8. The molecule has 2 N–H and O–H groups in total. The number of nitrogens with zero attached hydrogens (tertiary/aromatic N) is 3. The third-order valence-electron chi connectivity index (χ3n) is 1.20. The Hall–Kier alpha value is -1.52. The molecule has 0 aliphatic heterocycles. The molecule has 0 bridgehead atoms. The topological polar surface area (TPSA) is 110 Å². The third kappa shape index (κ3) is 2.21. The minimum absolute atomic E-state index is 0.0171. The highest BCUT2D eigenvalue weighted by atomic mass is 32.2. The molecule has 0 fully saturated rings. The first-order valence-corrected chi connectivity index (χ1v) is 4.76. The first-order chi connectivity index (χ1) is 5.93. The zero-order valence-corrected chi connectivity index (χ0v) is 7.54. The minimum atomic E-state index is -3.93. The van der Waals surface area contributed by atoms with Crippen LogP contribution in [0.1, 0.15) is 11.4 Å². The van der Waals surface area contributed by atoms with Crippen molar-refractivity contribution in [3.05, 3.63) is 17.5 Å². The molecule has 68 valence electrons. The lowest BCUT2D eigenvalue weighted by molar-refractivity contribution is 0.587. The van der Waals surface area contributed by atoms with Gasteiger partial charge in [-0.05, 0) is 13.0 Å². The van der Waals surface area contributed by atoms with Gasteiger partial charge in [0.2, 0.25) is 0 Å². The molecule has 0 amide bonds. The van der Waals surface area contributed by atoms with Crippen LogP contribution in [0, 0.1) is 18.3 Å². The van der Waals surface area contributed by atoms with Crippen LogP contribution in [0.25, 0.3) is 0 Å². The first-order valence-electron chi connectivity index (χ1n) is 3.22. The van der Waals surface area contributed by atoms with Gasteiger partial charge in [-0.1, -0.05) is 0 Å². The molecular formula is C6H6N4O2S. The Labute approximate surface area is 75.1 Å². The van der Waals surface area contributed by atoms with E-state index in [1.54, 1.807) is 13.0 Å². The molecule has 1 heterocycles. The van der Waals surface area contributed by atoms with E-state index in [-0.39, 0.29) is 5.69 Å². The first kappa shape index (κ1) is 9.57. The molecule has 6 nitrogen and oxygen atoms in total. The van der Waals surface area contributed by atoms with Crippen LogP contribution in [0.2, 0.25) is 0 Å². The zero-order valence-electron chi connectivity index (χ0n) is 6.72. The Bertz CT molecular complexity index is 474. The van der Waals surface area contributed by atoms with Crippen molar-refractivity contribution in [2.45, 2.75) is 12.1 Å². The van der Waals surface area contributed by atoms with E-state index in [1.165, 1.54) is 6.07 Å². The summed E-state index contributed by atoms with van der Waals surface area (Å²) in [5, 5.41) is 12.7. The van der Waals surface area contributed by atoms with Gasteiger partial charge in [-0.3, -0.25) is 0 Å². The summed E-state index contributed by atoms with van der Waals surface area (Å²) in [5.74, 6) is 0. The van der Waals surface area contributed by atoms with Crippen molar-refractivity contribution >= 4 is 10.0 Å². The van der Waals surface area contributed by atoms with Gasteiger partial charge in [-0.2, -0.15) is 5.26 Å². The Kier molecular flexibility index (Phi) is 2.27. The van der Waals surface area contributed by atoms with Gasteiger partial charge in [0, 0.05) is 5.69 Å². The monoisotopic (exact) mass is 198 g/mol. The van der Waals surface area contributed by atoms with Gasteiger partial charge in [-0.25, -0.2) is 23.5 Å². The van der Waals surface area contributed by atoms with Crippen molar-refractivity contribution in [3.8, 4) is 6.07 Å². The lowest BCUT2D eigenvalue weighted by Gasteiger charge is -1.97. The van der Waals surface area contributed by atoms with E-state index >= 15 is 0 Å². The highest BCUT2D eigenvalue weighted by Crippen LogP contribution is 2.02. The standard InChI is InChI=1S/C6H6N4O2S/c1-4-2-5(3-7)10-6(9-4)13(8,11)12/h2H,1H3,(H2,8,11,12). The van der Waals surface area contributed by atoms with Crippen LogP contribution in [0.3, 0.4) is 0 Å². The molecule has 0 aliphatic carbocycles. The maximum atomic E-state index is 10.8. The summed E-state index contributed by atoms with van der Waals surface area (Å²) < 4.78 is 21.6. The van der Waals surface area contributed by atoms with Crippen LogP contribution in [-0.2, 0) is 10.0 Å². The number of primary sulfonamides is 1. The molecule has 1 aromatic heterocycles. The van der Waals surface area contributed by atoms with E-state index in [9.17, 15) is 8.42 Å². The number of nitrogens with two attached hydrogens (primary N) is 1. The van der Waals surface area contributed by atoms with Crippen molar-refractivity contribution in [1.82, 2.24) is 9.97 Å². The number of aromatic nitrogens is 2. The lowest BCUT2D eigenvalue weighted by atomic mass is 10.4. The van der Waals surface area contributed by atoms with Crippen molar-refractivity contribution in [2.75, 3.05) is 0 Å². The average molecular weight is 198 g/mol. The summed E-state index contributed by atoms with van der Waals surface area (Å²) >= 11 is 0. The SMILES string of the molecule is Cc1cc(C#N)nc(S(N)(=O)=O)n1. The third-order valence-corrected chi connectivity index (χ3v) is 1.89. The molecule has 0 aromatic carbocycles. The Balaban J connectivity index is 3.44. The zero-order chi connectivity index (χ0) is 10.1. The van der Waals surface area contributed by atoms with E-state index in [4.69, 9.17) is 10.4 Å². The Morgan fingerprint density at radius 1 is 1.54 bits per heavy atom. The quantitative estimate of drug-likeness (QED) is 0.600. The molecular weight excluding hydrogens is 192 g/mol. The van der Waals surface area contributed by atoms with Crippen LogP contribution < -0.4 is 5.14 Å². The molecule has 0 radical (unpaired) electrons. The van der Waals surface area contributed by atoms with Gasteiger partial charge in [0.25, 0.3) is 15.2 Å². The fourth-order valence-electron chi connectivity index (χ4n) is 0.726. The molecule has 1 aromatic rings. The number of rotatable bonds is 1. The van der Waals surface area contributed by atoms with Gasteiger partial charge < -0.3 is 0 Å². The van der Waals surface area contributed by atoms with Crippen molar-refractivity contribution in [3.63, 3.8) is 0 Å². The average Bonchev–Trinajstić information content (AvgIpc) is 2.01. The number of nitriles is 1. The lowest BCUT2D eigenvalue weighted by Crippen LogP contribution is -2.16. The molecule has 0 spiro atoms. The molecule has 0 unspecified atom stereocenters. The van der Waals surface area contributed by atoms with Crippen LogP contribution in [-0.4, -0.2) is 18.4 Å². The maximum absolute atomic E-state index is 10.8. The van der Waals surface area contributed by atoms with Crippen molar-refractivity contribution in [2.24, 2.45) is 5.14 Å². The molecule has 7 heteroatoms. The van der Waals surface area contributed by atoms with Gasteiger partial charge in [0.05, 0.1) is 0 Å². The van der Waals surface area contributed by atoms with E-state index in [1.807, 2.05) is 0 Å². The minimum Gasteiger partial charge on any atom is -0.222 e. The molecule has 13 heavy (non-hydrogen) atoms. The summed E-state index contributed by atoms with van der Waals surface area (Å²) in [7, 11) is -3.93. The van der Waals surface area contributed by atoms with E-state index in [0.717, 1.165) is 0 Å². The molecule has 1 rings (SSSR count). The van der Waals surface area contributed by atoms with E-state index < -0.39 is 15.2 Å². The summed E-state index contributed by atoms with van der Waals surface area (Å²) in [6.45, 7) is 1.55. The second-order valence-corrected chi connectivity index (χ2v) is 3.79. The van der Waals surface area contributed by atoms with Gasteiger partial charge in [0.15, 0.2) is 0 Å². The number of hydrogen-bond acceptors (Lipinski definition) is 5. The summed E-state index contributed by atoms with van der Waals surface area (Å²) in [4.78, 5) is 7.02. The highest BCUT2D eigenvalue weighted by Gasteiger charge is 2.13. The van der Waals surface area contributed by atoms with E-state index in [2.05, 4.69) is 9.97 Å². The fraction of sp³-hybridized carbons (Fsp3) is 0.167. The molecule has 0 aliphatic rings. The fourth-order valence-corrected chi connectivity index (χ4v) is 1.22. The molecule has 0 saturated heterocycles. The van der Waals surface area contributed by atoms with Gasteiger partial charge >= 0.3 is 0 Å². The maximum Gasteiger partial charge on any atom is 0.273 e. The molecule has 0 atom stereocenters. The number of aryl methyl sites for hydroxylation is 1.